The summed E-state index contributed by atoms with van der Waals surface area (Å²) < 4.78 is 0. The Morgan fingerprint density at radius 3 is 2.78 bits per heavy atom. The summed E-state index contributed by atoms with van der Waals surface area (Å²) in [5.74, 6) is 2.52. The first-order valence-electron chi connectivity index (χ1n) is 7.05. The smallest absolute Gasteiger partial charge is 0.134 e. The van der Waals surface area contributed by atoms with Gasteiger partial charge in [-0.2, -0.15) is 0 Å². The van der Waals surface area contributed by atoms with Crippen LogP contribution in [-0.2, 0) is 6.42 Å². The molecule has 3 nitrogen and oxygen atoms in total. The summed E-state index contributed by atoms with van der Waals surface area (Å²) in [5, 5.41) is 3.96. The summed E-state index contributed by atoms with van der Waals surface area (Å²) in [5.41, 5.74) is 0. The molecule has 0 unspecified atom stereocenters. The molecule has 0 radical (unpaired) electrons. The second-order valence-electron chi connectivity index (χ2n) is 5.13. The molecule has 0 aliphatic heterocycles. The third-order valence-electron chi connectivity index (χ3n) is 3.51. The van der Waals surface area contributed by atoms with Crippen LogP contribution in [0.2, 0.25) is 5.15 Å². The lowest BCUT2D eigenvalue weighted by atomic mass is 9.89. The Morgan fingerprint density at radius 2 is 2.06 bits per heavy atom. The summed E-state index contributed by atoms with van der Waals surface area (Å²) >= 11 is 6.02. The Hall–Kier alpha value is -0.830. The van der Waals surface area contributed by atoms with Gasteiger partial charge in [-0.1, -0.05) is 37.8 Å². The van der Waals surface area contributed by atoms with Crippen molar-refractivity contribution in [2.75, 3.05) is 11.9 Å². The highest BCUT2D eigenvalue weighted by molar-refractivity contribution is 6.29. The van der Waals surface area contributed by atoms with Gasteiger partial charge in [0.1, 0.15) is 16.8 Å². The van der Waals surface area contributed by atoms with Crippen LogP contribution >= 0.6 is 11.6 Å². The van der Waals surface area contributed by atoms with Crippen molar-refractivity contribution in [2.45, 2.75) is 51.9 Å². The van der Waals surface area contributed by atoms with Crippen LogP contribution in [0, 0.1) is 5.92 Å². The fourth-order valence-corrected chi connectivity index (χ4v) is 2.73. The second kappa shape index (κ2) is 6.93. The molecule has 0 amide bonds. The number of aromatic nitrogens is 2. The summed E-state index contributed by atoms with van der Waals surface area (Å²) in [6.07, 6.45) is 8.76. The predicted octanol–water partition coefficient (Wildman–Crippen LogP) is 4.07. The Balaban J connectivity index is 1.91. The van der Waals surface area contributed by atoms with E-state index in [2.05, 4.69) is 22.2 Å². The van der Waals surface area contributed by atoms with Crippen molar-refractivity contribution in [3.8, 4) is 0 Å². The molecule has 1 aromatic heterocycles. The summed E-state index contributed by atoms with van der Waals surface area (Å²) in [6.45, 7) is 3.14. The van der Waals surface area contributed by atoms with Gasteiger partial charge in [0.25, 0.3) is 0 Å². The molecule has 1 saturated carbocycles. The van der Waals surface area contributed by atoms with Crippen LogP contribution in [-0.4, -0.2) is 16.5 Å². The number of aryl methyl sites for hydroxylation is 1. The normalized spacial score (nSPS) is 16.8. The minimum atomic E-state index is 0.541. The second-order valence-corrected chi connectivity index (χ2v) is 5.51. The Kier molecular flexibility index (Phi) is 5.24. The van der Waals surface area contributed by atoms with Crippen LogP contribution in [0.15, 0.2) is 6.07 Å². The molecule has 1 heterocycles. The molecule has 0 aromatic carbocycles. The van der Waals surface area contributed by atoms with Crippen molar-refractivity contribution in [3.05, 3.63) is 17.0 Å². The van der Waals surface area contributed by atoms with E-state index in [0.29, 0.717) is 5.15 Å². The van der Waals surface area contributed by atoms with Crippen molar-refractivity contribution in [1.82, 2.24) is 9.97 Å². The highest BCUT2D eigenvalue weighted by atomic mass is 35.5. The zero-order chi connectivity index (χ0) is 12.8. The van der Waals surface area contributed by atoms with Gasteiger partial charge >= 0.3 is 0 Å². The molecular weight excluding hydrogens is 246 g/mol. The number of rotatable bonds is 5. The van der Waals surface area contributed by atoms with E-state index in [0.717, 1.165) is 36.9 Å². The molecular formula is C14H22ClN3. The minimum Gasteiger partial charge on any atom is -0.370 e. The standard InChI is InChI=1S/C14H22ClN3/c1-2-6-13-17-12(15)9-14(18-13)16-10-11-7-4-3-5-8-11/h9,11H,2-8,10H2,1H3,(H,16,17,18). The third-order valence-corrected chi connectivity index (χ3v) is 3.71. The van der Waals surface area contributed by atoms with Gasteiger partial charge in [-0.05, 0) is 25.2 Å². The van der Waals surface area contributed by atoms with Crippen molar-refractivity contribution in [1.29, 1.82) is 0 Å². The van der Waals surface area contributed by atoms with E-state index in [1.54, 1.807) is 0 Å². The number of halogens is 1. The third kappa shape index (κ3) is 4.13. The molecule has 100 valence electrons. The molecule has 2 rings (SSSR count). The van der Waals surface area contributed by atoms with Crippen LogP contribution in [0.5, 0.6) is 0 Å². The highest BCUT2D eigenvalue weighted by Gasteiger charge is 2.13. The molecule has 1 N–H and O–H groups in total. The first-order valence-corrected chi connectivity index (χ1v) is 7.43. The average Bonchev–Trinajstić information content (AvgIpc) is 2.37. The molecule has 1 aliphatic rings. The minimum absolute atomic E-state index is 0.541. The maximum Gasteiger partial charge on any atom is 0.134 e. The number of nitrogens with zero attached hydrogens (tertiary/aromatic N) is 2. The molecule has 1 aromatic rings. The number of hydrogen-bond acceptors (Lipinski definition) is 3. The van der Waals surface area contributed by atoms with Crippen LogP contribution < -0.4 is 5.32 Å². The molecule has 0 atom stereocenters. The Labute approximate surface area is 114 Å². The lowest BCUT2D eigenvalue weighted by Gasteiger charge is -2.22. The predicted molar refractivity (Wildman–Crippen MR) is 76.1 cm³/mol. The Morgan fingerprint density at radius 1 is 1.28 bits per heavy atom. The quantitative estimate of drug-likeness (QED) is 0.817. The van der Waals surface area contributed by atoms with Crippen molar-refractivity contribution in [3.63, 3.8) is 0 Å². The average molecular weight is 268 g/mol. The molecule has 18 heavy (non-hydrogen) atoms. The monoisotopic (exact) mass is 267 g/mol. The maximum atomic E-state index is 6.02. The van der Waals surface area contributed by atoms with Gasteiger partial charge in [0, 0.05) is 19.0 Å². The zero-order valence-corrected chi connectivity index (χ0v) is 11.8. The lowest BCUT2D eigenvalue weighted by Crippen LogP contribution is -2.18. The van der Waals surface area contributed by atoms with Gasteiger partial charge in [-0.3, -0.25) is 0 Å². The molecule has 0 saturated heterocycles. The number of nitrogens with one attached hydrogen (secondary N) is 1. The SMILES string of the molecule is CCCc1nc(Cl)cc(NCC2CCCCC2)n1. The van der Waals surface area contributed by atoms with E-state index in [4.69, 9.17) is 11.6 Å². The van der Waals surface area contributed by atoms with Crippen molar-refractivity contribution < 1.29 is 0 Å². The van der Waals surface area contributed by atoms with E-state index in [1.807, 2.05) is 6.07 Å². The topological polar surface area (TPSA) is 37.8 Å². The molecule has 4 heteroatoms. The summed E-state index contributed by atoms with van der Waals surface area (Å²) in [7, 11) is 0. The fourth-order valence-electron chi connectivity index (χ4n) is 2.53. The van der Waals surface area contributed by atoms with Gasteiger partial charge < -0.3 is 5.32 Å². The Bertz CT molecular complexity index is 375. The van der Waals surface area contributed by atoms with Gasteiger partial charge in [-0.25, -0.2) is 9.97 Å². The van der Waals surface area contributed by atoms with Crippen molar-refractivity contribution in [2.24, 2.45) is 5.92 Å². The van der Waals surface area contributed by atoms with Crippen molar-refractivity contribution >= 4 is 17.4 Å². The molecule has 0 bridgehead atoms. The van der Waals surface area contributed by atoms with Gasteiger partial charge in [-0.15, -0.1) is 0 Å². The van der Waals surface area contributed by atoms with E-state index >= 15 is 0 Å². The summed E-state index contributed by atoms with van der Waals surface area (Å²) in [4.78, 5) is 8.73. The maximum absolute atomic E-state index is 6.02. The molecule has 1 fully saturated rings. The highest BCUT2D eigenvalue weighted by Crippen LogP contribution is 2.24. The van der Waals surface area contributed by atoms with Gasteiger partial charge in [0.05, 0.1) is 0 Å². The van der Waals surface area contributed by atoms with Crippen LogP contribution in [0.1, 0.15) is 51.3 Å². The van der Waals surface area contributed by atoms with E-state index in [1.165, 1.54) is 32.1 Å². The molecule has 1 aliphatic carbocycles. The van der Waals surface area contributed by atoms with E-state index in [9.17, 15) is 0 Å². The first-order chi connectivity index (χ1) is 8.78. The first kappa shape index (κ1) is 13.6. The fraction of sp³-hybridized carbons (Fsp3) is 0.714. The molecule has 0 spiro atoms. The van der Waals surface area contributed by atoms with Gasteiger partial charge in [0.15, 0.2) is 0 Å². The van der Waals surface area contributed by atoms with E-state index in [-0.39, 0.29) is 0 Å². The largest absolute Gasteiger partial charge is 0.370 e. The lowest BCUT2D eigenvalue weighted by molar-refractivity contribution is 0.373. The number of hydrogen-bond donors (Lipinski definition) is 1. The number of anilines is 1. The van der Waals surface area contributed by atoms with Crippen LogP contribution in [0.25, 0.3) is 0 Å². The van der Waals surface area contributed by atoms with Gasteiger partial charge in [0.2, 0.25) is 0 Å². The van der Waals surface area contributed by atoms with Crippen LogP contribution in [0.3, 0.4) is 0 Å². The van der Waals surface area contributed by atoms with Crippen LogP contribution in [0.4, 0.5) is 5.82 Å². The van der Waals surface area contributed by atoms with E-state index < -0.39 is 0 Å². The summed E-state index contributed by atoms with van der Waals surface area (Å²) in [6, 6.07) is 1.82. The zero-order valence-electron chi connectivity index (χ0n) is 11.1.